The minimum atomic E-state index is -0.561. The number of guanidine groups is 1. The second kappa shape index (κ2) is 12.4. The second-order valence-corrected chi connectivity index (χ2v) is 7.78. The molecule has 1 unspecified atom stereocenters. The number of carbonyl (C=O) groups is 1. The lowest BCUT2D eigenvalue weighted by molar-refractivity contribution is -0.130. The van der Waals surface area contributed by atoms with Crippen LogP contribution >= 0.6 is 24.0 Å². The highest BCUT2D eigenvalue weighted by Crippen LogP contribution is 2.24. The van der Waals surface area contributed by atoms with E-state index >= 15 is 0 Å². The van der Waals surface area contributed by atoms with Crippen molar-refractivity contribution in [2.45, 2.75) is 26.3 Å². The van der Waals surface area contributed by atoms with E-state index in [4.69, 9.17) is 0 Å². The van der Waals surface area contributed by atoms with Crippen LogP contribution in [0.5, 0.6) is 0 Å². The van der Waals surface area contributed by atoms with Gasteiger partial charge in [-0.1, -0.05) is 0 Å². The van der Waals surface area contributed by atoms with Crippen LogP contribution in [0.25, 0.3) is 0 Å². The fourth-order valence-electron chi connectivity index (χ4n) is 3.94. The van der Waals surface area contributed by atoms with Crippen molar-refractivity contribution in [3.8, 4) is 0 Å². The first-order valence-corrected chi connectivity index (χ1v) is 10.7. The van der Waals surface area contributed by atoms with Crippen molar-refractivity contribution in [1.82, 2.24) is 20.4 Å². The van der Waals surface area contributed by atoms with Gasteiger partial charge in [-0.3, -0.25) is 14.7 Å². The summed E-state index contributed by atoms with van der Waals surface area (Å²) in [5.74, 6) is -0.195. The van der Waals surface area contributed by atoms with E-state index in [0.29, 0.717) is 25.3 Å². The summed E-state index contributed by atoms with van der Waals surface area (Å²) < 4.78 is 27.2. The number of rotatable bonds is 6. The molecule has 2 heterocycles. The molecule has 2 N–H and O–H groups in total. The minimum absolute atomic E-state index is 0. The lowest BCUT2D eigenvalue weighted by Crippen LogP contribution is -2.49. The van der Waals surface area contributed by atoms with Gasteiger partial charge in [-0.2, -0.15) is 0 Å². The average molecular weight is 550 g/mol. The summed E-state index contributed by atoms with van der Waals surface area (Å²) in [6.07, 6.45) is 0.855. The fourth-order valence-corrected chi connectivity index (χ4v) is 3.94. The number of nitrogens with zero attached hydrogens (tertiary/aromatic N) is 4. The van der Waals surface area contributed by atoms with Gasteiger partial charge in [0.25, 0.3) is 0 Å². The Bertz CT molecular complexity index is 757. The van der Waals surface area contributed by atoms with Gasteiger partial charge in [0.2, 0.25) is 5.91 Å². The highest BCUT2D eigenvalue weighted by atomic mass is 127. The number of halogens is 3. The van der Waals surface area contributed by atoms with Gasteiger partial charge in [0.05, 0.1) is 12.2 Å². The Labute approximate surface area is 200 Å². The van der Waals surface area contributed by atoms with Crippen LogP contribution in [-0.2, 0) is 4.79 Å². The molecular weight excluding hydrogens is 517 g/mol. The summed E-state index contributed by atoms with van der Waals surface area (Å²) in [4.78, 5) is 22.2. The van der Waals surface area contributed by atoms with Gasteiger partial charge in [-0.05, 0) is 25.5 Å². The third-order valence-corrected chi connectivity index (χ3v) is 5.63. The summed E-state index contributed by atoms with van der Waals surface area (Å²) in [7, 11) is 0. The topological polar surface area (TPSA) is 63.2 Å². The van der Waals surface area contributed by atoms with Crippen molar-refractivity contribution < 1.29 is 13.6 Å². The number of nitrogens with one attached hydrogen (secondary N) is 2. The Morgan fingerprint density at radius 2 is 1.94 bits per heavy atom. The molecule has 7 nitrogen and oxygen atoms in total. The molecule has 2 fully saturated rings. The molecular formula is C21H33F2IN6O. The van der Waals surface area contributed by atoms with Gasteiger partial charge in [-0.15, -0.1) is 24.0 Å². The normalized spacial score (nSPS) is 19.9. The van der Waals surface area contributed by atoms with Crippen LogP contribution in [0, 0.1) is 11.6 Å². The Balaban J connectivity index is 0.00000341. The summed E-state index contributed by atoms with van der Waals surface area (Å²) >= 11 is 0. The summed E-state index contributed by atoms with van der Waals surface area (Å²) in [6, 6.07) is 3.86. The summed E-state index contributed by atoms with van der Waals surface area (Å²) in [5, 5.41) is 6.70. The van der Waals surface area contributed by atoms with E-state index in [1.165, 1.54) is 12.1 Å². The first-order chi connectivity index (χ1) is 14.5. The molecule has 3 rings (SSSR count). The number of carbonyl (C=O) groups excluding carboxylic acids is 1. The van der Waals surface area contributed by atoms with Crippen molar-refractivity contribution in [3.05, 3.63) is 29.8 Å². The number of piperazine rings is 1. The van der Waals surface area contributed by atoms with Gasteiger partial charge in [0.1, 0.15) is 11.6 Å². The first-order valence-electron chi connectivity index (χ1n) is 10.7. The van der Waals surface area contributed by atoms with Crippen LogP contribution in [0.15, 0.2) is 23.2 Å². The molecule has 2 saturated heterocycles. The maximum absolute atomic E-state index is 14.1. The number of aliphatic imine (C=N–C) groups is 1. The molecule has 31 heavy (non-hydrogen) atoms. The van der Waals surface area contributed by atoms with Crippen LogP contribution in [-0.4, -0.2) is 86.6 Å². The molecule has 2 aliphatic heterocycles. The Hall–Kier alpha value is -1.69. The summed E-state index contributed by atoms with van der Waals surface area (Å²) in [5.41, 5.74) is 0.437. The molecule has 0 radical (unpaired) electrons. The van der Waals surface area contributed by atoms with E-state index in [0.717, 1.165) is 57.7 Å². The molecule has 0 aliphatic carbocycles. The van der Waals surface area contributed by atoms with E-state index in [1.807, 2.05) is 16.7 Å². The molecule has 0 bridgehead atoms. The highest BCUT2D eigenvalue weighted by molar-refractivity contribution is 14.0. The van der Waals surface area contributed by atoms with Crippen LogP contribution in [0.4, 0.5) is 14.5 Å². The quantitative estimate of drug-likeness (QED) is 0.322. The van der Waals surface area contributed by atoms with Crippen LogP contribution < -0.4 is 15.5 Å². The second-order valence-electron chi connectivity index (χ2n) is 7.78. The zero-order valence-electron chi connectivity index (χ0n) is 18.2. The third kappa shape index (κ3) is 7.44. The van der Waals surface area contributed by atoms with Crippen molar-refractivity contribution in [1.29, 1.82) is 0 Å². The van der Waals surface area contributed by atoms with E-state index in [9.17, 15) is 13.6 Å². The standard InChI is InChI=1S/C21H32F2N6O.HI/c1-3-24-21(25-7-9-27-10-12-28(13-11-27)16(2)30)26-18-6-8-29(15-18)20-5-4-17(22)14-19(20)23;/h4-5,14,18H,3,6-13,15H2,1-2H3,(H2,24,25,26);1H. The lowest BCUT2D eigenvalue weighted by atomic mass is 10.2. The maximum Gasteiger partial charge on any atom is 0.219 e. The monoisotopic (exact) mass is 550 g/mol. The lowest BCUT2D eigenvalue weighted by Gasteiger charge is -2.33. The highest BCUT2D eigenvalue weighted by Gasteiger charge is 2.25. The maximum atomic E-state index is 14.1. The number of amides is 1. The zero-order valence-corrected chi connectivity index (χ0v) is 20.6. The van der Waals surface area contributed by atoms with Crippen LogP contribution in [0.1, 0.15) is 20.3 Å². The van der Waals surface area contributed by atoms with Crippen molar-refractivity contribution in [2.75, 3.05) is 63.8 Å². The number of anilines is 1. The van der Waals surface area contributed by atoms with E-state index in [2.05, 4.69) is 20.5 Å². The van der Waals surface area contributed by atoms with Crippen LogP contribution in [0.2, 0.25) is 0 Å². The van der Waals surface area contributed by atoms with Gasteiger partial charge >= 0.3 is 0 Å². The largest absolute Gasteiger partial charge is 0.367 e. The van der Waals surface area contributed by atoms with Crippen molar-refractivity contribution >= 4 is 41.5 Å². The molecule has 0 aromatic heterocycles. The number of hydrogen-bond donors (Lipinski definition) is 2. The SMILES string of the molecule is CCNC(=NCCN1CCN(C(C)=O)CC1)NC1CCN(c2ccc(F)cc2F)C1.I. The molecule has 0 spiro atoms. The molecule has 174 valence electrons. The molecule has 1 atom stereocenters. The van der Waals surface area contributed by atoms with E-state index < -0.39 is 11.6 Å². The Kier molecular flexibility index (Phi) is 10.2. The molecule has 2 aliphatic rings. The molecule has 10 heteroatoms. The smallest absolute Gasteiger partial charge is 0.219 e. The van der Waals surface area contributed by atoms with Gasteiger partial charge in [0, 0.05) is 71.4 Å². The van der Waals surface area contributed by atoms with Gasteiger partial charge in [-0.25, -0.2) is 8.78 Å². The molecule has 1 aromatic rings. The van der Waals surface area contributed by atoms with Gasteiger partial charge < -0.3 is 20.4 Å². The third-order valence-electron chi connectivity index (χ3n) is 5.63. The van der Waals surface area contributed by atoms with Gasteiger partial charge in [0.15, 0.2) is 5.96 Å². The summed E-state index contributed by atoms with van der Waals surface area (Å²) in [6.45, 7) is 10.5. The average Bonchev–Trinajstić information content (AvgIpc) is 3.16. The van der Waals surface area contributed by atoms with Crippen molar-refractivity contribution in [2.24, 2.45) is 4.99 Å². The van der Waals surface area contributed by atoms with Crippen molar-refractivity contribution in [3.63, 3.8) is 0 Å². The van der Waals surface area contributed by atoms with E-state index in [1.54, 1.807) is 6.92 Å². The van der Waals surface area contributed by atoms with E-state index in [-0.39, 0.29) is 35.9 Å². The number of hydrogen-bond acceptors (Lipinski definition) is 4. The Morgan fingerprint density at radius 3 is 2.58 bits per heavy atom. The minimum Gasteiger partial charge on any atom is -0.367 e. The van der Waals surface area contributed by atoms with Crippen LogP contribution in [0.3, 0.4) is 0 Å². The Morgan fingerprint density at radius 1 is 1.19 bits per heavy atom. The predicted molar refractivity (Wildman–Crippen MR) is 130 cm³/mol. The predicted octanol–water partition coefficient (Wildman–Crippen LogP) is 1.88. The molecule has 1 amide bonds. The fraction of sp³-hybridized carbons (Fsp3) is 0.619. The molecule has 1 aromatic carbocycles. The first kappa shape index (κ1) is 25.6. The molecule has 0 saturated carbocycles. The zero-order chi connectivity index (χ0) is 21.5. The number of benzene rings is 1.